The van der Waals surface area contributed by atoms with E-state index in [4.69, 9.17) is 0 Å². The molecule has 0 bridgehead atoms. The molecule has 0 N–H and O–H groups in total. The van der Waals surface area contributed by atoms with Crippen LogP contribution in [-0.2, 0) is 0 Å². The van der Waals surface area contributed by atoms with Gasteiger partial charge in [-0.25, -0.2) is 0 Å². The molecule has 2 heteroatoms. The van der Waals surface area contributed by atoms with E-state index in [1.165, 1.54) is 12.8 Å². The lowest BCUT2D eigenvalue weighted by molar-refractivity contribution is 0.802. The Labute approximate surface area is 138 Å². The maximum absolute atomic E-state index is 12.2. The van der Waals surface area contributed by atoms with Crippen molar-refractivity contribution in [1.29, 1.82) is 0 Å². The minimum Gasteiger partial charge on any atom is -0.289 e. The van der Waals surface area contributed by atoms with E-state index in [1.54, 1.807) is 11.3 Å². The van der Waals surface area contributed by atoms with E-state index in [-0.39, 0.29) is 5.43 Å². The van der Waals surface area contributed by atoms with Crippen LogP contribution in [0.5, 0.6) is 0 Å². The molecule has 1 atom stereocenters. The molecule has 0 saturated heterocycles. The fourth-order valence-corrected chi connectivity index (χ4v) is 3.36. The molecule has 2 aromatic rings. The predicted octanol–water partition coefficient (Wildman–Crippen LogP) is 4.69. The molecule has 0 spiro atoms. The Bertz CT molecular complexity index is 753. The van der Waals surface area contributed by atoms with E-state index in [0.717, 1.165) is 26.3 Å². The minimum absolute atomic E-state index is 0.188. The highest BCUT2D eigenvalue weighted by Gasteiger charge is 2.07. The van der Waals surface area contributed by atoms with Crippen LogP contribution < -0.4 is 15.2 Å². The Kier molecular flexibility index (Phi) is 8.11. The van der Waals surface area contributed by atoms with Crippen LogP contribution in [0.15, 0.2) is 29.1 Å². The van der Waals surface area contributed by atoms with Gasteiger partial charge in [0, 0.05) is 19.8 Å². The summed E-state index contributed by atoms with van der Waals surface area (Å²) in [6.07, 6.45) is 7.92. The van der Waals surface area contributed by atoms with E-state index in [9.17, 15) is 4.79 Å². The molecule has 0 aliphatic heterocycles. The number of unbranched alkanes of at least 4 members (excludes halogenated alkanes) is 1. The van der Waals surface area contributed by atoms with Gasteiger partial charge in [0.15, 0.2) is 5.43 Å². The van der Waals surface area contributed by atoms with Gasteiger partial charge >= 0.3 is 0 Å². The zero-order chi connectivity index (χ0) is 16.5. The summed E-state index contributed by atoms with van der Waals surface area (Å²) in [5.41, 5.74) is 0.188. The number of benzene rings is 1. The van der Waals surface area contributed by atoms with Gasteiger partial charge in [-0.05, 0) is 24.5 Å². The summed E-state index contributed by atoms with van der Waals surface area (Å²) >= 11 is 1.72. The Balaban J connectivity index is 0.000000354. The highest BCUT2D eigenvalue weighted by molar-refractivity contribution is 7.16. The maximum atomic E-state index is 12.2. The first kappa shape index (κ1) is 18.6. The van der Waals surface area contributed by atoms with Gasteiger partial charge < -0.3 is 0 Å². The molecule has 0 radical (unpaired) electrons. The van der Waals surface area contributed by atoms with Crippen molar-refractivity contribution in [2.24, 2.45) is 5.92 Å². The van der Waals surface area contributed by atoms with E-state index in [2.05, 4.69) is 32.9 Å². The predicted molar refractivity (Wildman–Crippen MR) is 102 cm³/mol. The molecule has 1 aromatic heterocycles. The lowest BCUT2D eigenvalue weighted by Gasteiger charge is -2.07. The van der Waals surface area contributed by atoms with Gasteiger partial charge in [-0.2, -0.15) is 0 Å². The summed E-state index contributed by atoms with van der Waals surface area (Å²) in [7, 11) is 0. The van der Waals surface area contributed by atoms with Crippen molar-refractivity contribution in [2.75, 3.05) is 0 Å². The topological polar surface area (TPSA) is 17.1 Å². The van der Waals surface area contributed by atoms with Crippen LogP contribution in [0.2, 0.25) is 0 Å². The average Bonchev–Trinajstić information content (AvgIpc) is 2.57. The fourth-order valence-electron chi connectivity index (χ4n) is 2.12. The van der Waals surface area contributed by atoms with Crippen molar-refractivity contribution < 1.29 is 0 Å². The van der Waals surface area contributed by atoms with Crippen LogP contribution >= 0.6 is 11.3 Å². The van der Waals surface area contributed by atoms with Crippen molar-refractivity contribution >= 4 is 33.6 Å². The van der Waals surface area contributed by atoms with Gasteiger partial charge in [0.2, 0.25) is 0 Å². The van der Waals surface area contributed by atoms with Gasteiger partial charge in [0.05, 0.1) is 0 Å². The van der Waals surface area contributed by atoms with Crippen LogP contribution in [0.4, 0.5) is 0 Å². The largest absolute Gasteiger partial charge is 0.289 e. The minimum atomic E-state index is 0.188. The van der Waals surface area contributed by atoms with E-state index < -0.39 is 0 Å². The quantitative estimate of drug-likeness (QED) is 0.745. The first-order valence-corrected chi connectivity index (χ1v) is 9.22. The molecule has 1 heterocycles. The number of rotatable bonds is 1. The third-order valence-corrected chi connectivity index (χ3v) is 4.64. The monoisotopic (exact) mass is 316 g/mol. The van der Waals surface area contributed by atoms with E-state index in [1.807, 2.05) is 38.1 Å². The molecule has 1 aliphatic carbocycles. The summed E-state index contributed by atoms with van der Waals surface area (Å²) in [5, 5.41) is 1.76. The SMILES string of the molecule is CC.CC1C=c2sc3ccccc3c(=O)c2=CC1.CCCC. The second-order valence-corrected chi connectivity index (χ2v) is 6.37. The van der Waals surface area contributed by atoms with Crippen molar-refractivity contribution in [3.05, 3.63) is 44.2 Å². The average molecular weight is 317 g/mol. The summed E-state index contributed by atoms with van der Waals surface area (Å²) in [5.74, 6) is 0.546. The van der Waals surface area contributed by atoms with Crippen LogP contribution in [-0.4, -0.2) is 0 Å². The molecule has 0 fully saturated rings. The molecule has 1 nitrogen and oxygen atoms in total. The van der Waals surface area contributed by atoms with Gasteiger partial charge in [-0.1, -0.05) is 71.7 Å². The Hall–Kier alpha value is -1.41. The van der Waals surface area contributed by atoms with Crippen LogP contribution in [0.25, 0.3) is 22.2 Å². The first-order valence-electron chi connectivity index (χ1n) is 8.41. The second-order valence-electron chi connectivity index (χ2n) is 5.29. The number of hydrogen-bond donors (Lipinski definition) is 0. The third-order valence-electron chi connectivity index (χ3n) is 3.49. The normalized spacial score (nSPS) is 15.2. The zero-order valence-corrected chi connectivity index (χ0v) is 15.3. The molecule has 0 amide bonds. The van der Waals surface area contributed by atoms with Crippen LogP contribution in [0.3, 0.4) is 0 Å². The zero-order valence-electron chi connectivity index (χ0n) is 14.5. The lowest BCUT2D eigenvalue weighted by atomic mass is 10.0. The molecule has 22 heavy (non-hydrogen) atoms. The van der Waals surface area contributed by atoms with Gasteiger partial charge in [0.1, 0.15) is 0 Å². The van der Waals surface area contributed by atoms with Gasteiger partial charge in [0.25, 0.3) is 0 Å². The van der Waals surface area contributed by atoms with Gasteiger partial charge in [-0.15, -0.1) is 11.3 Å². The first-order chi connectivity index (χ1) is 10.7. The van der Waals surface area contributed by atoms with Crippen LogP contribution in [0, 0.1) is 5.92 Å². The standard InChI is InChI=1S/C14H12OS.C4H10.C2H6/c1-9-6-7-11-13(8-9)16-12-5-3-2-4-10(12)14(11)15;1-3-4-2;1-2/h2-5,7-9H,6H2,1H3;3-4H2,1-2H3;1-2H3. The maximum Gasteiger partial charge on any atom is 0.195 e. The summed E-state index contributed by atoms with van der Waals surface area (Å²) < 4.78 is 2.23. The van der Waals surface area contributed by atoms with Crippen molar-refractivity contribution in [3.63, 3.8) is 0 Å². The lowest BCUT2D eigenvalue weighted by Crippen LogP contribution is -2.39. The van der Waals surface area contributed by atoms with Crippen molar-refractivity contribution in [2.45, 2.75) is 53.9 Å². The Morgan fingerprint density at radius 2 is 1.77 bits per heavy atom. The summed E-state index contributed by atoms with van der Waals surface area (Å²) in [6.45, 7) is 10.5. The molecule has 1 unspecified atom stereocenters. The molecule has 3 rings (SSSR count). The smallest absolute Gasteiger partial charge is 0.195 e. The number of fused-ring (bicyclic) bond motifs is 2. The van der Waals surface area contributed by atoms with E-state index in [0.29, 0.717) is 5.92 Å². The second kappa shape index (κ2) is 9.58. The Morgan fingerprint density at radius 3 is 2.41 bits per heavy atom. The number of hydrogen-bond acceptors (Lipinski definition) is 2. The van der Waals surface area contributed by atoms with Crippen molar-refractivity contribution in [3.8, 4) is 0 Å². The molecule has 1 aromatic carbocycles. The summed E-state index contributed by atoms with van der Waals surface area (Å²) in [4.78, 5) is 12.2. The third kappa shape index (κ3) is 4.54. The summed E-state index contributed by atoms with van der Waals surface area (Å²) in [6, 6.07) is 7.85. The Morgan fingerprint density at radius 1 is 1.14 bits per heavy atom. The highest BCUT2D eigenvalue weighted by Crippen LogP contribution is 2.12. The van der Waals surface area contributed by atoms with Gasteiger partial charge in [-0.3, -0.25) is 4.79 Å². The molecular formula is C20H28OS. The molecule has 120 valence electrons. The highest BCUT2D eigenvalue weighted by atomic mass is 32.1. The fraction of sp³-hybridized carbons (Fsp3) is 0.450. The molecule has 1 aliphatic rings. The van der Waals surface area contributed by atoms with E-state index >= 15 is 0 Å². The van der Waals surface area contributed by atoms with Crippen molar-refractivity contribution in [1.82, 2.24) is 0 Å². The van der Waals surface area contributed by atoms with Crippen LogP contribution in [0.1, 0.15) is 53.9 Å². The molecule has 0 saturated carbocycles. The molecular weight excluding hydrogens is 288 g/mol.